The molecule has 214 valence electrons. The van der Waals surface area contributed by atoms with E-state index in [4.69, 9.17) is 4.42 Å². The van der Waals surface area contributed by atoms with Crippen molar-refractivity contribution in [2.45, 2.75) is 44.9 Å². The lowest BCUT2D eigenvalue weighted by Gasteiger charge is -2.22. The summed E-state index contributed by atoms with van der Waals surface area (Å²) in [6.07, 6.45) is 0.875. The van der Waals surface area contributed by atoms with Crippen molar-refractivity contribution in [1.29, 1.82) is 0 Å². The summed E-state index contributed by atoms with van der Waals surface area (Å²) in [5.74, 6) is 0.730. The fourth-order valence-electron chi connectivity index (χ4n) is 4.93. The van der Waals surface area contributed by atoms with Gasteiger partial charge in [-0.2, -0.15) is 12.6 Å². The van der Waals surface area contributed by atoms with Crippen molar-refractivity contribution < 1.29 is 14.0 Å². The quantitative estimate of drug-likeness (QED) is 0.154. The minimum absolute atomic E-state index is 0.0189. The summed E-state index contributed by atoms with van der Waals surface area (Å²) in [4.78, 5) is 25.7. The molecule has 0 spiro atoms. The van der Waals surface area contributed by atoms with Crippen LogP contribution in [-0.2, 0) is 21.4 Å². The Bertz CT molecular complexity index is 1630. The number of amides is 2. The molecular formula is C36H36N2O3S. The Morgan fingerprint density at radius 3 is 2.10 bits per heavy atom. The van der Waals surface area contributed by atoms with Gasteiger partial charge in [0.1, 0.15) is 11.3 Å². The lowest BCUT2D eigenvalue weighted by molar-refractivity contribution is -0.117. The number of para-hydroxylation sites is 1. The van der Waals surface area contributed by atoms with E-state index in [0.717, 1.165) is 44.8 Å². The van der Waals surface area contributed by atoms with E-state index in [0.29, 0.717) is 18.6 Å². The number of carbonyl (C=O) groups is 2. The van der Waals surface area contributed by atoms with Crippen LogP contribution in [0, 0.1) is 0 Å². The summed E-state index contributed by atoms with van der Waals surface area (Å²) in [7, 11) is 0. The molecule has 5 rings (SSSR count). The van der Waals surface area contributed by atoms with Gasteiger partial charge in [0.05, 0.1) is 5.92 Å². The number of hydrogen-bond donors (Lipinski definition) is 3. The maximum atomic E-state index is 13.8. The Hall–Kier alpha value is -4.29. The van der Waals surface area contributed by atoms with Crippen molar-refractivity contribution in [1.82, 2.24) is 0 Å². The third kappa shape index (κ3) is 7.12. The first-order valence-electron chi connectivity index (χ1n) is 14.2. The Morgan fingerprint density at radius 1 is 0.810 bits per heavy atom. The number of rotatable bonds is 9. The number of benzene rings is 4. The fourth-order valence-corrected chi connectivity index (χ4v) is 5.14. The van der Waals surface area contributed by atoms with Gasteiger partial charge in [0.2, 0.25) is 11.8 Å². The number of hydrogen-bond acceptors (Lipinski definition) is 4. The third-order valence-corrected chi connectivity index (χ3v) is 7.60. The van der Waals surface area contributed by atoms with Crippen LogP contribution in [-0.4, -0.2) is 17.6 Å². The summed E-state index contributed by atoms with van der Waals surface area (Å²) in [6.45, 7) is 6.54. The molecular weight excluding hydrogens is 540 g/mol. The Morgan fingerprint density at radius 2 is 1.45 bits per heavy atom. The van der Waals surface area contributed by atoms with Gasteiger partial charge in [-0.25, -0.2) is 0 Å². The molecule has 1 unspecified atom stereocenters. The standard InChI is InChI=1S/C36H36N2O3S/c1-36(2,3)28-14-10-25(11-15-28)31(22-24-8-16-29(17-9-24)37-34(39)20-21-42)35(40)38-30-18-12-26(13-19-30)33-23-27-6-4-5-7-32(27)41-33/h4-19,23,31,42H,20-22H2,1-3H3,(H,37,39)(H,38,40). The van der Waals surface area contributed by atoms with Crippen molar-refractivity contribution in [3.05, 3.63) is 120 Å². The predicted octanol–water partition coefficient (Wildman–Crippen LogP) is 8.62. The lowest BCUT2D eigenvalue weighted by Crippen LogP contribution is -2.23. The van der Waals surface area contributed by atoms with Gasteiger partial charge in [-0.15, -0.1) is 0 Å². The van der Waals surface area contributed by atoms with E-state index >= 15 is 0 Å². The minimum Gasteiger partial charge on any atom is -0.456 e. The van der Waals surface area contributed by atoms with Crippen molar-refractivity contribution in [2.24, 2.45) is 0 Å². The summed E-state index contributed by atoms with van der Waals surface area (Å²) in [5.41, 5.74) is 6.42. The number of fused-ring (bicyclic) bond motifs is 1. The van der Waals surface area contributed by atoms with Gasteiger partial charge in [-0.05, 0) is 82.8 Å². The van der Waals surface area contributed by atoms with Crippen LogP contribution in [0.2, 0.25) is 0 Å². The van der Waals surface area contributed by atoms with Crippen molar-refractivity contribution in [2.75, 3.05) is 16.4 Å². The lowest BCUT2D eigenvalue weighted by atomic mass is 9.84. The van der Waals surface area contributed by atoms with E-state index in [1.165, 1.54) is 5.56 Å². The number of anilines is 2. The summed E-state index contributed by atoms with van der Waals surface area (Å²) >= 11 is 4.12. The highest BCUT2D eigenvalue weighted by Crippen LogP contribution is 2.30. The first-order valence-corrected chi connectivity index (χ1v) is 14.8. The molecule has 0 aliphatic heterocycles. The Balaban J connectivity index is 1.35. The third-order valence-electron chi connectivity index (χ3n) is 7.37. The topological polar surface area (TPSA) is 71.3 Å². The normalized spacial score (nSPS) is 12.2. The van der Waals surface area contributed by atoms with E-state index in [1.54, 1.807) is 0 Å². The van der Waals surface area contributed by atoms with Crippen LogP contribution < -0.4 is 10.6 Å². The largest absolute Gasteiger partial charge is 0.456 e. The van der Waals surface area contributed by atoms with Gasteiger partial charge in [-0.1, -0.05) is 75.4 Å². The van der Waals surface area contributed by atoms with Crippen molar-refractivity contribution >= 4 is 46.8 Å². The van der Waals surface area contributed by atoms with Crippen LogP contribution in [0.25, 0.3) is 22.3 Å². The first kappa shape index (κ1) is 29.2. The fraction of sp³-hybridized carbons (Fsp3) is 0.222. The van der Waals surface area contributed by atoms with E-state index in [-0.39, 0.29) is 17.2 Å². The van der Waals surface area contributed by atoms with Gasteiger partial charge < -0.3 is 15.1 Å². The molecule has 2 amide bonds. The van der Waals surface area contributed by atoms with Gasteiger partial charge in [0.25, 0.3) is 0 Å². The summed E-state index contributed by atoms with van der Waals surface area (Å²) < 4.78 is 6.00. The average molecular weight is 577 g/mol. The van der Waals surface area contributed by atoms with Gasteiger partial charge in [-0.3, -0.25) is 9.59 Å². The monoisotopic (exact) mass is 576 g/mol. The second-order valence-electron chi connectivity index (χ2n) is 11.6. The zero-order valence-electron chi connectivity index (χ0n) is 24.2. The molecule has 6 heteroatoms. The van der Waals surface area contributed by atoms with Crippen LogP contribution in [0.3, 0.4) is 0 Å². The molecule has 5 nitrogen and oxygen atoms in total. The van der Waals surface area contributed by atoms with E-state index in [9.17, 15) is 9.59 Å². The molecule has 0 radical (unpaired) electrons. The van der Waals surface area contributed by atoms with E-state index in [2.05, 4.69) is 68.3 Å². The molecule has 1 atom stereocenters. The van der Waals surface area contributed by atoms with Crippen LogP contribution >= 0.6 is 12.6 Å². The van der Waals surface area contributed by atoms with Crippen LogP contribution in [0.4, 0.5) is 11.4 Å². The minimum atomic E-state index is -0.404. The molecule has 42 heavy (non-hydrogen) atoms. The number of nitrogens with one attached hydrogen (secondary N) is 2. The molecule has 0 saturated carbocycles. The van der Waals surface area contributed by atoms with Crippen LogP contribution in [0.5, 0.6) is 0 Å². The zero-order chi connectivity index (χ0) is 29.7. The summed E-state index contributed by atoms with van der Waals surface area (Å²) in [5, 5.41) is 7.06. The molecule has 0 aliphatic carbocycles. The smallest absolute Gasteiger partial charge is 0.232 e. The van der Waals surface area contributed by atoms with Crippen molar-refractivity contribution in [3.8, 4) is 11.3 Å². The molecule has 0 fully saturated rings. The average Bonchev–Trinajstić information content (AvgIpc) is 3.41. The number of carbonyl (C=O) groups excluding carboxylic acids is 2. The van der Waals surface area contributed by atoms with E-state index < -0.39 is 5.92 Å². The molecule has 1 heterocycles. The molecule has 1 aromatic heterocycles. The Kier molecular flexibility index (Phi) is 8.83. The second kappa shape index (κ2) is 12.7. The Labute approximate surface area is 252 Å². The van der Waals surface area contributed by atoms with Crippen molar-refractivity contribution in [3.63, 3.8) is 0 Å². The van der Waals surface area contributed by atoms with Crippen LogP contribution in [0.15, 0.2) is 108 Å². The van der Waals surface area contributed by atoms with Crippen LogP contribution in [0.1, 0.15) is 49.8 Å². The highest BCUT2D eigenvalue weighted by atomic mass is 32.1. The molecule has 2 N–H and O–H groups in total. The molecule has 0 saturated heterocycles. The molecule has 0 aliphatic rings. The maximum Gasteiger partial charge on any atom is 0.232 e. The van der Waals surface area contributed by atoms with Gasteiger partial charge in [0.15, 0.2) is 0 Å². The number of furan rings is 1. The van der Waals surface area contributed by atoms with Gasteiger partial charge in [0, 0.05) is 28.7 Å². The zero-order valence-corrected chi connectivity index (χ0v) is 25.1. The molecule has 5 aromatic rings. The summed E-state index contributed by atoms with van der Waals surface area (Å²) in [6, 6.07) is 33.7. The molecule has 0 bridgehead atoms. The maximum absolute atomic E-state index is 13.8. The SMILES string of the molecule is CC(C)(C)c1ccc(C(Cc2ccc(NC(=O)CCS)cc2)C(=O)Nc2ccc(-c3cc4ccccc4o3)cc2)cc1. The highest BCUT2D eigenvalue weighted by molar-refractivity contribution is 7.80. The number of thiol groups is 1. The first-order chi connectivity index (χ1) is 20.2. The van der Waals surface area contributed by atoms with Gasteiger partial charge >= 0.3 is 0 Å². The van der Waals surface area contributed by atoms with E-state index in [1.807, 2.05) is 78.9 Å². The second-order valence-corrected chi connectivity index (χ2v) is 12.0. The highest BCUT2D eigenvalue weighted by Gasteiger charge is 2.23. The predicted molar refractivity (Wildman–Crippen MR) is 175 cm³/mol. The molecule has 4 aromatic carbocycles.